The van der Waals surface area contributed by atoms with Gasteiger partial charge in [-0.1, -0.05) is 0 Å². The van der Waals surface area contributed by atoms with Crippen LogP contribution in [0.25, 0.3) is 21.9 Å². The van der Waals surface area contributed by atoms with Crippen LogP contribution in [0.2, 0.25) is 0 Å². The molecule has 6 nitrogen and oxygen atoms in total. The molecule has 0 bridgehead atoms. The van der Waals surface area contributed by atoms with Gasteiger partial charge in [0.2, 0.25) is 16.9 Å². The average Bonchev–Trinajstić information content (AvgIpc) is 2.59. The predicted molar refractivity (Wildman–Crippen MR) is 86.2 cm³/mol. The van der Waals surface area contributed by atoms with Crippen molar-refractivity contribution in [1.29, 1.82) is 0 Å². The third-order valence-electron chi connectivity index (χ3n) is 3.69. The number of methoxy groups -OCH3 is 4. The van der Waals surface area contributed by atoms with Gasteiger partial charge in [-0.2, -0.15) is 0 Å². The summed E-state index contributed by atoms with van der Waals surface area (Å²) in [6.45, 7) is 0. The van der Waals surface area contributed by atoms with E-state index in [1.54, 1.807) is 24.3 Å². The first-order valence-corrected chi connectivity index (χ1v) is 6.88. The van der Waals surface area contributed by atoms with E-state index in [9.17, 15) is 4.79 Å². The highest BCUT2D eigenvalue weighted by molar-refractivity contribution is 5.96. The van der Waals surface area contributed by atoms with Crippen LogP contribution in [0.1, 0.15) is 0 Å². The third kappa shape index (κ3) is 2.14. The van der Waals surface area contributed by atoms with Gasteiger partial charge in [-0.05, 0) is 24.3 Å². The summed E-state index contributed by atoms with van der Waals surface area (Å²) in [5.41, 5.74) is 0.426. The molecule has 2 aromatic carbocycles. The Morgan fingerprint density at radius 1 is 0.696 bits per heavy atom. The van der Waals surface area contributed by atoms with Crippen molar-refractivity contribution in [2.45, 2.75) is 0 Å². The largest absolute Gasteiger partial charge is 0.493 e. The molecule has 0 aliphatic heterocycles. The van der Waals surface area contributed by atoms with Crippen molar-refractivity contribution < 1.29 is 23.4 Å². The quantitative estimate of drug-likeness (QED) is 0.689. The topological polar surface area (TPSA) is 67.1 Å². The summed E-state index contributed by atoms with van der Waals surface area (Å²) >= 11 is 0. The lowest BCUT2D eigenvalue weighted by Crippen LogP contribution is -2.05. The number of ether oxygens (including phenoxy) is 4. The van der Waals surface area contributed by atoms with Gasteiger partial charge in [0.05, 0.1) is 39.2 Å². The fraction of sp³-hybridized carbons (Fsp3) is 0.235. The molecule has 0 spiro atoms. The lowest BCUT2D eigenvalue weighted by Gasteiger charge is -2.13. The summed E-state index contributed by atoms with van der Waals surface area (Å²) in [4.78, 5) is 12.8. The van der Waals surface area contributed by atoms with E-state index in [4.69, 9.17) is 23.4 Å². The van der Waals surface area contributed by atoms with Crippen LogP contribution in [0.15, 0.2) is 33.5 Å². The van der Waals surface area contributed by atoms with Gasteiger partial charge in [-0.3, -0.25) is 4.79 Å². The zero-order chi connectivity index (χ0) is 16.6. The number of fused-ring (bicyclic) bond motifs is 2. The molecule has 0 saturated carbocycles. The average molecular weight is 316 g/mol. The van der Waals surface area contributed by atoms with Crippen LogP contribution in [-0.2, 0) is 0 Å². The molecule has 1 aromatic heterocycles. The number of benzene rings is 2. The third-order valence-corrected chi connectivity index (χ3v) is 3.69. The lowest BCUT2D eigenvalue weighted by molar-refractivity contribution is 0.348. The molecule has 120 valence electrons. The minimum atomic E-state index is -0.178. The lowest BCUT2D eigenvalue weighted by atomic mass is 10.1. The van der Waals surface area contributed by atoms with E-state index >= 15 is 0 Å². The second kappa shape index (κ2) is 5.72. The molecule has 3 aromatic rings. The Kier molecular flexibility index (Phi) is 3.73. The van der Waals surface area contributed by atoms with E-state index in [1.165, 1.54) is 28.4 Å². The van der Waals surface area contributed by atoms with E-state index in [1.807, 2.05) is 0 Å². The number of rotatable bonds is 4. The molecule has 6 heteroatoms. The normalized spacial score (nSPS) is 10.8. The second-order valence-electron chi connectivity index (χ2n) is 4.79. The minimum Gasteiger partial charge on any atom is -0.493 e. The summed E-state index contributed by atoms with van der Waals surface area (Å²) in [5.74, 6) is 1.66. The summed E-state index contributed by atoms with van der Waals surface area (Å²) in [6, 6.07) is 6.65. The minimum absolute atomic E-state index is 0.178. The van der Waals surface area contributed by atoms with Crippen LogP contribution >= 0.6 is 0 Å². The van der Waals surface area contributed by atoms with Gasteiger partial charge < -0.3 is 23.4 Å². The molecule has 1 heterocycles. The van der Waals surface area contributed by atoms with Crippen molar-refractivity contribution in [2.75, 3.05) is 28.4 Å². The van der Waals surface area contributed by atoms with Crippen molar-refractivity contribution >= 4 is 21.9 Å². The summed E-state index contributed by atoms with van der Waals surface area (Å²) in [7, 11) is 6.02. The van der Waals surface area contributed by atoms with E-state index in [0.29, 0.717) is 44.9 Å². The first-order valence-electron chi connectivity index (χ1n) is 6.88. The van der Waals surface area contributed by atoms with Gasteiger partial charge in [0.1, 0.15) is 0 Å². The van der Waals surface area contributed by atoms with Crippen molar-refractivity contribution in [3.05, 3.63) is 34.5 Å². The van der Waals surface area contributed by atoms with Crippen molar-refractivity contribution in [3.63, 3.8) is 0 Å². The zero-order valence-corrected chi connectivity index (χ0v) is 13.3. The van der Waals surface area contributed by atoms with Crippen LogP contribution in [-0.4, -0.2) is 28.4 Å². The Labute approximate surface area is 132 Å². The maximum atomic E-state index is 12.8. The van der Waals surface area contributed by atoms with Gasteiger partial charge in [0.25, 0.3) is 0 Å². The van der Waals surface area contributed by atoms with E-state index in [-0.39, 0.29) is 5.43 Å². The van der Waals surface area contributed by atoms with Crippen molar-refractivity contribution in [3.8, 4) is 23.0 Å². The van der Waals surface area contributed by atoms with Gasteiger partial charge in [0, 0.05) is 0 Å². The molecule has 0 amide bonds. The maximum absolute atomic E-state index is 12.8. The molecule has 3 rings (SSSR count). The van der Waals surface area contributed by atoms with Crippen LogP contribution in [0.3, 0.4) is 0 Å². The first-order chi connectivity index (χ1) is 11.2. The highest BCUT2D eigenvalue weighted by atomic mass is 16.5. The second-order valence-corrected chi connectivity index (χ2v) is 4.79. The van der Waals surface area contributed by atoms with Crippen LogP contribution in [0.5, 0.6) is 23.0 Å². The standard InChI is InChI=1S/C17H16O6/c1-19-11-7-5-9-13(18)10-6-8-12(20-2)17(22-4)15(10)23-14(9)16(11)21-3/h5-8H,1-4H3. The molecular weight excluding hydrogens is 300 g/mol. The number of hydrogen-bond donors (Lipinski definition) is 0. The van der Waals surface area contributed by atoms with Crippen LogP contribution in [0, 0.1) is 0 Å². The van der Waals surface area contributed by atoms with Crippen LogP contribution < -0.4 is 24.4 Å². The molecule has 0 atom stereocenters. The first kappa shape index (κ1) is 15.0. The molecule has 0 aliphatic carbocycles. The highest BCUT2D eigenvalue weighted by Crippen LogP contribution is 2.40. The Bertz CT molecular complexity index is 868. The molecule has 0 radical (unpaired) electrons. The maximum Gasteiger partial charge on any atom is 0.204 e. The molecule has 0 saturated heterocycles. The Morgan fingerprint density at radius 3 is 1.48 bits per heavy atom. The summed E-state index contributed by atoms with van der Waals surface area (Å²) in [6.07, 6.45) is 0. The number of hydrogen-bond acceptors (Lipinski definition) is 6. The monoisotopic (exact) mass is 316 g/mol. The molecule has 0 aliphatic rings. The summed E-state index contributed by atoms with van der Waals surface area (Å²) in [5, 5.41) is 0.810. The highest BCUT2D eigenvalue weighted by Gasteiger charge is 2.19. The Morgan fingerprint density at radius 2 is 1.13 bits per heavy atom. The SMILES string of the molecule is COc1ccc2c(=O)c3ccc(OC)c(OC)c3oc2c1OC. The molecule has 0 N–H and O–H groups in total. The van der Waals surface area contributed by atoms with Gasteiger partial charge in [0.15, 0.2) is 22.7 Å². The smallest absolute Gasteiger partial charge is 0.204 e. The predicted octanol–water partition coefficient (Wildman–Crippen LogP) is 2.98. The Hall–Kier alpha value is -2.89. The van der Waals surface area contributed by atoms with Crippen LogP contribution in [0.4, 0.5) is 0 Å². The molecular formula is C17H16O6. The van der Waals surface area contributed by atoms with E-state index < -0.39 is 0 Å². The molecule has 0 unspecified atom stereocenters. The molecule has 23 heavy (non-hydrogen) atoms. The van der Waals surface area contributed by atoms with Gasteiger partial charge in [-0.25, -0.2) is 0 Å². The van der Waals surface area contributed by atoms with Gasteiger partial charge >= 0.3 is 0 Å². The zero-order valence-electron chi connectivity index (χ0n) is 13.3. The van der Waals surface area contributed by atoms with E-state index in [2.05, 4.69) is 0 Å². The fourth-order valence-corrected chi connectivity index (χ4v) is 2.60. The Balaban J connectivity index is 2.53. The molecule has 0 fully saturated rings. The fourth-order valence-electron chi connectivity index (χ4n) is 2.60. The van der Waals surface area contributed by atoms with E-state index in [0.717, 1.165) is 0 Å². The summed E-state index contributed by atoms with van der Waals surface area (Å²) < 4.78 is 27.2. The van der Waals surface area contributed by atoms with Crippen molar-refractivity contribution in [2.24, 2.45) is 0 Å². The van der Waals surface area contributed by atoms with Gasteiger partial charge in [-0.15, -0.1) is 0 Å². The van der Waals surface area contributed by atoms with Crippen molar-refractivity contribution in [1.82, 2.24) is 0 Å².